The largest absolute Gasteiger partial charge is 0.369 e. The molecule has 6 nitrogen and oxygen atoms in total. The van der Waals surface area contributed by atoms with Gasteiger partial charge in [-0.1, -0.05) is 12.1 Å². The first-order chi connectivity index (χ1) is 11.2. The number of rotatable bonds is 4. The van der Waals surface area contributed by atoms with Gasteiger partial charge in [0.15, 0.2) is 5.69 Å². The molecule has 0 unspecified atom stereocenters. The van der Waals surface area contributed by atoms with Crippen molar-refractivity contribution in [3.8, 4) is 0 Å². The monoisotopic (exact) mass is 312 g/mol. The van der Waals surface area contributed by atoms with Crippen molar-refractivity contribution in [1.82, 2.24) is 15.5 Å². The van der Waals surface area contributed by atoms with E-state index in [1.54, 1.807) is 18.5 Å². The maximum absolute atomic E-state index is 12.4. The Hall–Kier alpha value is -2.37. The van der Waals surface area contributed by atoms with Crippen LogP contribution in [0.2, 0.25) is 0 Å². The van der Waals surface area contributed by atoms with Gasteiger partial charge >= 0.3 is 0 Å². The molecule has 1 N–H and O–H groups in total. The summed E-state index contributed by atoms with van der Waals surface area (Å²) in [6.45, 7) is 3.87. The Morgan fingerprint density at radius 1 is 1.30 bits per heavy atom. The normalized spacial score (nSPS) is 24.0. The van der Waals surface area contributed by atoms with Crippen LogP contribution in [0, 0.1) is 5.92 Å². The molecule has 1 aliphatic carbocycles. The Morgan fingerprint density at radius 3 is 2.83 bits per heavy atom. The van der Waals surface area contributed by atoms with Crippen LogP contribution in [-0.4, -0.2) is 35.2 Å². The van der Waals surface area contributed by atoms with Crippen molar-refractivity contribution >= 4 is 11.6 Å². The molecule has 1 amide bonds. The highest BCUT2D eigenvalue weighted by atomic mass is 16.5. The van der Waals surface area contributed by atoms with E-state index >= 15 is 0 Å². The summed E-state index contributed by atoms with van der Waals surface area (Å²) >= 11 is 0. The molecular weight excluding hydrogens is 292 g/mol. The molecule has 2 fully saturated rings. The fraction of sp³-hybridized carbons (Fsp3) is 0.471. The van der Waals surface area contributed by atoms with E-state index in [2.05, 4.69) is 27.3 Å². The minimum Gasteiger partial charge on any atom is -0.369 e. The van der Waals surface area contributed by atoms with Crippen LogP contribution in [0.25, 0.3) is 0 Å². The van der Waals surface area contributed by atoms with E-state index in [1.165, 1.54) is 0 Å². The van der Waals surface area contributed by atoms with Crippen LogP contribution in [0.1, 0.15) is 41.9 Å². The molecule has 2 aromatic heterocycles. The summed E-state index contributed by atoms with van der Waals surface area (Å²) in [6.07, 6.45) is 5.86. The first-order valence-corrected chi connectivity index (χ1v) is 8.13. The lowest BCUT2D eigenvalue weighted by atomic mass is 10.1. The zero-order chi connectivity index (χ0) is 15.8. The summed E-state index contributed by atoms with van der Waals surface area (Å²) < 4.78 is 5.26. The Bertz CT molecular complexity index is 696. The number of hydrogen-bond donors (Lipinski definition) is 1. The van der Waals surface area contributed by atoms with Gasteiger partial charge in [-0.3, -0.25) is 9.78 Å². The van der Waals surface area contributed by atoms with E-state index in [0.29, 0.717) is 17.5 Å². The third-order valence-electron chi connectivity index (χ3n) is 4.70. The molecule has 2 atom stereocenters. The summed E-state index contributed by atoms with van der Waals surface area (Å²) in [5, 5.41) is 7.01. The van der Waals surface area contributed by atoms with Crippen LogP contribution in [0.4, 0.5) is 5.69 Å². The first-order valence-electron chi connectivity index (χ1n) is 8.13. The van der Waals surface area contributed by atoms with Crippen LogP contribution in [0.5, 0.6) is 0 Å². The molecule has 23 heavy (non-hydrogen) atoms. The maximum Gasteiger partial charge on any atom is 0.273 e. The number of nitrogens with one attached hydrogen (secondary N) is 1. The highest BCUT2D eigenvalue weighted by Gasteiger charge is 2.33. The Labute approximate surface area is 134 Å². The predicted octanol–water partition coefficient (Wildman–Crippen LogP) is 2.20. The average Bonchev–Trinajstić information content (AvgIpc) is 3.18. The molecule has 1 saturated carbocycles. The number of carbonyl (C=O) groups is 1. The molecule has 4 rings (SSSR count). The van der Waals surface area contributed by atoms with Gasteiger partial charge in [0, 0.05) is 43.2 Å². The van der Waals surface area contributed by atoms with Crippen molar-refractivity contribution in [2.24, 2.45) is 5.92 Å². The topological polar surface area (TPSA) is 71.3 Å². The lowest BCUT2D eigenvalue weighted by molar-refractivity contribution is 0.0924. The smallest absolute Gasteiger partial charge is 0.273 e. The molecular formula is C17H20N4O2. The lowest BCUT2D eigenvalue weighted by Gasteiger charge is -2.18. The molecule has 0 aromatic carbocycles. The van der Waals surface area contributed by atoms with Crippen molar-refractivity contribution in [2.75, 3.05) is 18.0 Å². The number of pyridine rings is 1. The second-order valence-corrected chi connectivity index (χ2v) is 6.56. The Balaban J connectivity index is 1.40. The van der Waals surface area contributed by atoms with Crippen LogP contribution >= 0.6 is 0 Å². The predicted molar refractivity (Wildman–Crippen MR) is 85.3 cm³/mol. The molecule has 3 heterocycles. The first kappa shape index (κ1) is 14.2. The maximum atomic E-state index is 12.4. The highest BCUT2D eigenvalue weighted by molar-refractivity contribution is 5.92. The van der Waals surface area contributed by atoms with Crippen LogP contribution in [-0.2, 0) is 0 Å². The second-order valence-electron chi connectivity index (χ2n) is 6.56. The number of hydrogen-bond acceptors (Lipinski definition) is 5. The van der Waals surface area contributed by atoms with E-state index in [1.807, 2.05) is 12.1 Å². The number of amides is 1. The van der Waals surface area contributed by atoms with Gasteiger partial charge in [-0.2, -0.15) is 0 Å². The van der Waals surface area contributed by atoms with Crippen molar-refractivity contribution < 1.29 is 9.32 Å². The zero-order valence-electron chi connectivity index (χ0n) is 13.1. The van der Waals surface area contributed by atoms with Crippen molar-refractivity contribution in [3.05, 3.63) is 42.0 Å². The average molecular weight is 312 g/mol. The van der Waals surface area contributed by atoms with Crippen molar-refractivity contribution in [2.45, 2.75) is 31.7 Å². The minimum atomic E-state index is -0.144. The molecule has 0 radical (unpaired) electrons. The molecule has 2 aromatic rings. The van der Waals surface area contributed by atoms with Gasteiger partial charge in [-0.05, 0) is 30.9 Å². The highest BCUT2D eigenvalue weighted by Crippen LogP contribution is 2.40. The van der Waals surface area contributed by atoms with E-state index in [0.717, 1.165) is 37.4 Å². The third-order valence-corrected chi connectivity index (χ3v) is 4.70. The molecule has 0 spiro atoms. The second kappa shape index (κ2) is 5.68. The lowest BCUT2D eigenvalue weighted by Crippen LogP contribution is -2.40. The molecule has 120 valence electrons. The fourth-order valence-corrected chi connectivity index (χ4v) is 3.12. The van der Waals surface area contributed by atoms with Gasteiger partial charge < -0.3 is 14.7 Å². The number of nitrogens with zero attached hydrogens (tertiary/aromatic N) is 3. The molecule has 6 heteroatoms. The Morgan fingerprint density at radius 2 is 2.09 bits per heavy atom. The molecule has 2 aliphatic rings. The van der Waals surface area contributed by atoms with Gasteiger partial charge in [0.25, 0.3) is 5.91 Å². The van der Waals surface area contributed by atoms with Crippen LogP contribution in [0.3, 0.4) is 0 Å². The number of carbonyl (C=O) groups excluding carboxylic acids is 1. The van der Waals surface area contributed by atoms with E-state index in [-0.39, 0.29) is 11.9 Å². The van der Waals surface area contributed by atoms with Gasteiger partial charge in [0.2, 0.25) is 0 Å². The van der Waals surface area contributed by atoms with E-state index < -0.39 is 0 Å². The Kier molecular flexibility index (Phi) is 3.52. The van der Waals surface area contributed by atoms with E-state index in [9.17, 15) is 4.79 Å². The fourth-order valence-electron chi connectivity index (χ4n) is 3.12. The van der Waals surface area contributed by atoms with Gasteiger partial charge in [-0.15, -0.1) is 0 Å². The summed E-state index contributed by atoms with van der Waals surface area (Å²) in [4.78, 5) is 18.7. The summed E-state index contributed by atoms with van der Waals surface area (Å²) in [5.41, 5.74) is 1.53. The van der Waals surface area contributed by atoms with Crippen molar-refractivity contribution in [1.29, 1.82) is 0 Å². The standard InChI is InChI=1S/C17H20N4O2/c1-11-9-21(13-4-6-18-7-5-13)10-15(11)19-17(22)14-8-16(23-20-14)12-2-3-12/h4-8,11-12,15H,2-3,9-10H2,1H3,(H,19,22)/t11-,15-/m0/s1. The number of aromatic nitrogens is 2. The molecule has 0 bridgehead atoms. The van der Waals surface area contributed by atoms with Crippen LogP contribution in [0.15, 0.2) is 35.1 Å². The summed E-state index contributed by atoms with van der Waals surface area (Å²) in [6, 6.07) is 5.89. The number of anilines is 1. The van der Waals surface area contributed by atoms with E-state index in [4.69, 9.17) is 4.52 Å². The van der Waals surface area contributed by atoms with Gasteiger partial charge in [0.1, 0.15) is 5.76 Å². The molecule has 1 saturated heterocycles. The van der Waals surface area contributed by atoms with Gasteiger partial charge in [0.05, 0.1) is 6.04 Å². The SMILES string of the molecule is C[C@H]1CN(c2ccncc2)C[C@@H]1NC(=O)c1cc(C2CC2)on1. The zero-order valence-corrected chi connectivity index (χ0v) is 13.1. The molecule has 1 aliphatic heterocycles. The van der Waals surface area contributed by atoms with Gasteiger partial charge in [-0.25, -0.2) is 0 Å². The minimum absolute atomic E-state index is 0.108. The summed E-state index contributed by atoms with van der Waals surface area (Å²) in [5.74, 6) is 1.54. The van der Waals surface area contributed by atoms with Crippen molar-refractivity contribution in [3.63, 3.8) is 0 Å². The quantitative estimate of drug-likeness (QED) is 0.937. The third kappa shape index (κ3) is 2.93. The summed E-state index contributed by atoms with van der Waals surface area (Å²) in [7, 11) is 0. The van der Waals surface area contributed by atoms with Crippen LogP contribution < -0.4 is 10.2 Å².